The van der Waals surface area contributed by atoms with Crippen LogP contribution in [0.5, 0.6) is 0 Å². The van der Waals surface area contributed by atoms with Crippen LogP contribution >= 0.6 is 0 Å². The Hall–Kier alpha value is -2.01. The maximum absolute atomic E-state index is 12.2. The van der Waals surface area contributed by atoms with Crippen molar-refractivity contribution in [2.75, 3.05) is 13.1 Å². The number of hydrogen-bond donors (Lipinski definition) is 2. The van der Waals surface area contributed by atoms with Gasteiger partial charge in [0.25, 0.3) is 5.91 Å². The third-order valence-electron chi connectivity index (χ3n) is 2.81. The second-order valence-corrected chi connectivity index (χ2v) is 4.04. The number of allylic oxidation sites excluding steroid dienone is 1. The van der Waals surface area contributed by atoms with Crippen LogP contribution in [0.2, 0.25) is 0 Å². The third kappa shape index (κ3) is 2.24. The molecule has 0 saturated heterocycles. The molecule has 0 bridgehead atoms. The Bertz CT molecular complexity index is 447. The molecular formula is C12H16N4O. The van der Waals surface area contributed by atoms with Crippen molar-refractivity contribution in [2.45, 2.75) is 6.42 Å². The van der Waals surface area contributed by atoms with E-state index in [4.69, 9.17) is 11.6 Å². The zero-order chi connectivity index (χ0) is 12.4. The summed E-state index contributed by atoms with van der Waals surface area (Å²) in [6.45, 7) is 5.12. The fourth-order valence-electron chi connectivity index (χ4n) is 1.82. The normalized spacial score (nSPS) is 20.2. The highest BCUT2D eigenvalue weighted by atomic mass is 16.2. The summed E-state index contributed by atoms with van der Waals surface area (Å²) < 4.78 is 0. The SMILES string of the molecule is C=C1C=C(C(=O)N2CC=CCC2)C=C(N)N1N. The summed E-state index contributed by atoms with van der Waals surface area (Å²) in [4.78, 5) is 13.9. The van der Waals surface area contributed by atoms with Crippen molar-refractivity contribution in [3.05, 3.63) is 48.0 Å². The van der Waals surface area contributed by atoms with Gasteiger partial charge in [0.15, 0.2) is 0 Å². The molecule has 90 valence electrons. The van der Waals surface area contributed by atoms with Crippen LogP contribution in [0.15, 0.2) is 48.0 Å². The van der Waals surface area contributed by atoms with E-state index in [0.29, 0.717) is 23.6 Å². The molecule has 0 aromatic heterocycles. The molecule has 5 nitrogen and oxygen atoms in total. The Morgan fingerprint density at radius 1 is 1.35 bits per heavy atom. The van der Waals surface area contributed by atoms with Gasteiger partial charge in [-0.25, -0.2) is 5.84 Å². The molecule has 0 fully saturated rings. The van der Waals surface area contributed by atoms with E-state index in [2.05, 4.69) is 12.7 Å². The number of nitrogens with zero attached hydrogens (tertiary/aromatic N) is 2. The highest BCUT2D eigenvalue weighted by Crippen LogP contribution is 2.18. The van der Waals surface area contributed by atoms with Gasteiger partial charge in [-0.15, -0.1) is 0 Å². The Balaban J connectivity index is 2.18. The van der Waals surface area contributed by atoms with E-state index < -0.39 is 0 Å². The minimum absolute atomic E-state index is 0.0356. The van der Waals surface area contributed by atoms with Gasteiger partial charge in [0.2, 0.25) is 0 Å². The van der Waals surface area contributed by atoms with Crippen LogP contribution in [0, 0.1) is 0 Å². The van der Waals surface area contributed by atoms with Crippen LogP contribution in [0.1, 0.15) is 6.42 Å². The van der Waals surface area contributed by atoms with Crippen molar-refractivity contribution >= 4 is 5.91 Å². The first-order chi connectivity index (χ1) is 8.09. The monoisotopic (exact) mass is 232 g/mol. The number of hydrogen-bond acceptors (Lipinski definition) is 4. The maximum Gasteiger partial charge on any atom is 0.254 e. The van der Waals surface area contributed by atoms with E-state index >= 15 is 0 Å². The number of carbonyl (C=O) groups is 1. The molecule has 17 heavy (non-hydrogen) atoms. The fourth-order valence-corrected chi connectivity index (χ4v) is 1.82. The van der Waals surface area contributed by atoms with Gasteiger partial charge in [-0.05, 0) is 18.6 Å². The van der Waals surface area contributed by atoms with E-state index in [1.807, 2.05) is 6.08 Å². The van der Waals surface area contributed by atoms with Crippen LogP contribution < -0.4 is 11.6 Å². The molecule has 0 unspecified atom stereocenters. The van der Waals surface area contributed by atoms with Crippen LogP contribution in [0.3, 0.4) is 0 Å². The lowest BCUT2D eigenvalue weighted by Gasteiger charge is -2.27. The van der Waals surface area contributed by atoms with Crippen LogP contribution in [-0.2, 0) is 4.79 Å². The summed E-state index contributed by atoms with van der Waals surface area (Å²) in [6, 6.07) is 0. The van der Waals surface area contributed by atoms with E-state index in [0.717, 1.165) is 13.0 Å². The van der Waals surface area contributed by atoms with E-state index in [9.17, 15) is 4.79 Å². The van der Waals surface area contributed by atoms with Crippen LogP contribution in [0.4, 0.5) is 0 Å². The Morgan fingerprint density at radius 2 is 2.12 bits per heavy atom. The third-order valence-corrected chi connectivity index (χ3v) is 2.81. The Labute approximate surface area is 100 Å². The first kappa shape index (κ1) is 11.5. The number of nitrogens with two attached hydrogens (primary N) is 2. The minimum atomic E-state index is -0.0356. The predicted molar refractivity (Wildman–Crippen MR) is 65.9 cm³/mol. The molecule has 2 rings (SSSR count). The van der Waals surface area contributed by atoms with Gasteiger partial charge in [-0.1, -0.05) is 18.7 Å². The lowest BCUT2D eigenvalue weighted by atomic mass is 10.1. The molecule has 0 radical (unpaired) electrons. The van der Waals surface area contributed by atoms with Crippen LogP contribution in [-0.4, -0.2) is 28.9 Å². The molecule has 2 aliphatic rings. The molecule has 0 aromatic rings. The maximum atomic E-state index is 12.2. The first-order valence-corrected chi connectivity index (χ1v) is 5.46. The molecule has 2 heterocycles. The van der Waals surface area contributed by atoms with Gasteiger partial charge in [0, 0.05) is 18.7 Å². The van der Waals surface area contributed by atoms with Gasteiger partial charge in [-0.2, -0.15) is 0 Å². The average molecular weight is 232 g/mol. The number of hydrazine groups is 1. The predicted octanol–water partition coefficient (Wildman–Crippen LogP) is 0.204. The summed E-state index contributed by atoms with van der Waals surface area (Å²) in [5.74, 6) is 5.91. The smallest absolute Gasteiger partial charge is 0.254 e. The molecule has 0 aromatic carbocycles. The molecule has 1 amide bonds. The number of amides is 1. The molecular weight excluding hydrogens is 216 g/mol. The second-order valence-electron chi connectivity index (χ2n) is 4.04. The second kappa shape index (κ2) is 4.47. The summed E-state index contributed by atoms with van der Waals surface area (Å²) in [6.07, 6.45) is 8.18. The molecule has 5 heteroatoms. The molecule has 0 saturated carbocycles. The fraction of sp³-hybridized carbons (Fsp3) is 0.250. The molecule has 4 N–H and O–H groups in total. The highest BCUT2D eigenvalue weighted by molar-refractivity contribution is 5.97. The first-order valence-electron chi connectivity index (χ1n) is 5.46. The lowest BCUT2D eigenvalue weighted by Crippen LogP contribution is -2.38. The number of rotatable bonds is 1. The van der Waals surface area contributed by atoms with Crippen LogP contribution in [0.25, 0.3) is 0 Å². The zero-order valence-corrected chi connectivity index (χ0v) is 9.60. The summed E-state index contributed by atoms with van der Waals surface area (Å²) in [5.41, 5.74) is 6.75. The standard InChI is InChI=1S/C12H16N4O/c1-9-7-10(8-11(13)16(9)14)12(17)15-5-3-2-4-6-15/h2-3,7-8H,1,4-6,13-14H2. The van der Waals surface area contributed by atoms with Crippen molar-refractivity contribution < 1.29 is 4.79 Å². The molecule has 0 aliphatic carbocycles. The highest BCUT2D eigenvalue weighted by Gasteiger charge is 2.21. The van der Waals surface area contributed by atoms with Gasteiger partial charge >= 0.3 is 0 Å². The van der Waals surface area contributed by atoms with Crippen molar-refractivity contribution in [3.63, 3.8) is 0 Å². The molecule has 0 spiro atoms. The van der Waals surface area contributed by atoms with Crippen molar-refractivity contribution in [2.24, 2.45) is 11.6 Å². The number of carbonyl (C=O) groups excluding carboxylic acids is 1. The van der Waals surface area contributed by atoms with E-state index in [1.165, 1.54) is 5.01 Å². The van der Waals surface area contributed by atoms with Crippen molar-refractivity contribution in [1.29, 1.82) is 0 Å². The zero-order valence-electron chi connectivity index (χ0n) is 9.60. The Morgan fingerprint density at radius 3 is 2.71 bits per heavy atom. The van der Waals surface area contributed by atoms with Gasteiger partial charge in [0.05, 0.1) is 5.70 Å². The van der Waals surface area contributed by atoms with Crippen molar-refractivity contribution in [1.82, 2.24) is 9.91 Å². The van der Waals surface area contributed by atoms with Gasteiger partial charge < -0.3 is 10.6 Å². The van der Waals surface area contributed by atoms with Crippen molar-refractivity contribution in [3.8, 4) is 0 Å². The van der Waals surface area contributed by atoms with E-state index in [1.54, 1.807) is 17.1 Å². The summed E-state index contributed by atoms with van der Waals surface area (Å²) in [5, 5.41) is 1.26. The Kier molecular flexibility index (Phi) is 3.01. The largest absolute Gasteiger partial charge is 0.384 e. The quantitative estimate of drug-likeness (QED) is 0.500. The topological polar surface area (TPSA) is 75.6 Å². The molecule has 0 atom stereocenters. The average Bonchev–Trinajstić information content (AvgIpc) is 2.35. The lowest BCUT2D eigenvalue weighted by molar-refractivity contribution is -0.126. The minimum Gasteiger partial charge on any atom is -0.384 e. The van der Waals surface area contributed by atoms with Gasteiger partial charge in [-0.3, -0.25) is 9.80 Å². The molecule has 2 aliphatic heterocycles. The summed E-state index contributed by atoms with van der Waals surface area (Å²) in [7, 11) is 0. The van der Waals surface area contributed by atoms with E-state index in [-0.39, 0.29) is 5.91 Å². The van der Waals surface area contributed by atoms with Gasteiger partial charge in [0.1, 0.15) is 5.82 Å². The summed E-state index contributed by atoms with van der Waals surface area (Å²) >= 11 is 0.